The summed E-state index contributed by atoms with van der Waals surface area (Å²) in [6, 6.07) is 7.88. The first-order valence-corrected chi connectivity index (χ1v) is 10.4. The number of pyridine rings is 1. The maximum absolute atomic E-state index is 15.0. The van der Waals surface area contributed by atoms with Gasteiger partial charge in [-0.2, -0.15) is 0 Å². The van der Waals surface area contributed by atoms with Gasteiger partial charge in [-0.25, -0.2) is 14.2 Å². The number of halogens is 3. The highest BCUT2D eigenvalue weighted by molar-refractivity contribution is 6.44. The third-order valence-corrected chi connectivity index (χ3v) is 6.34. The molecule has 31 heavy (non-hydrogen) atoms. The molecule has 1 aliphatic heterocycles. The third-order valence-electron chi connectivity index (χ3n) is 5.39. The SMILES string of the molecule is Cc1[nH]c(C(=O)N[C@@H]2CCN(c3cc(C(=O)O)nc4ccccc34)C[C@@H]2F)c(Cl)c1Cl. The van der Waals surface area contributed by atoms with Crippen LogP contribution in [0.3, 0.4) is 0 Å². The van der Waals surface area contributed by atoms with E-state index in [-0.39, 0.29) is 28.0 Å². The minimum absolute atomic E-state index is 0.00371. The van der Waals surface area contributed by atoms with Gasteiger partial charge in [-0.1, -0.05) is 41.4 Å². The van der Waals surface area contributed by atoms with Crippen LogP contribution in [-0.4, -0.2) is 52.3 Å². The lowest BCUT2D eigenvalue weighted by Crippen LogP contribution is -2.52. The van der Waals surface area contributed by atoms with Crippen molar-refractivity contribution < 1.29 is 19.1 Å². The number of nitrogens with one attached hydrogen (secondary N) is 2. The lowest BCUT2D eigenvalue weighted by atomic mass is 10.0. The molecule has 1 amide bonds. The zero-order valence-corrected chi connectivity index (χ0v) is 18.0. The Labute approximate surface area is 187 Å². The molecule has 3 aromatic rings. The van der Waals surface area contributed by atoms with Crippen molar-refractivity contribution >= 4 is 51.7 Å². The summed E-state index contributed by atoms with van der Waals surface area (Å²) in [5.74, 6) is -1.67. The number of carbonyl (C=O) groups is 2. The van der Waals surface area contributed by atoms with E-state index in [1.165, 1.54) is 6.07 Å². The van der Waals surface area contributed by atoms with Gasteiger partial charge in [0.05, 0.1) is 28.1 Å². The van der Waals surface area contributed by atoms with Gasteiger partial charge in [-0.05, 0) is 25.5 Å². The lowest BCUT2D eigenvalue weighted by Gasteiger charge is -2.37. The van der Waals surface area contributed by atoms with Crippen molar-refractivity contribution in [2.24, 2.45) is 0 Å². The number of hydrogen-bond acceptors (Lipinski definition) is 4. The fourth-order valence-corrected chi connectivity index (χ4v) is 4.20. The molecule has 0 saturated carbocycles. The Kier molecular flexibility index (Phi) is 5.77. The molecule has 0 aliphatic carbocycles. The smallest absolute Gasteiger partial charge is 0.354 e. The summed E-state index contributed by atoms with van der Waals surface area (Å²) in [7, 11) is 0. The minimum atomic E-state index is -1.37. The second-order valence-electron chi connectivity index (χ2n) is 7.43. The summed E-state index contributed by atoms with van der Waals surface area (Å²) in [6.45, 7) is 2.11. The Morgan fingerprint density at radius 1 is 1.29 bits per heavy atom. The van der Waals surface area contributed by atoms with Crippen LogP contribution in [0.4, 0.5) is 10.1 Å². The Balaban J connectivity index is 1.54. The number of rotatable bonds is 4. The molecule has 2 aromatic heterocycles. The summed E-state index contributed by atoms with van der Waals surface area (Å²) in [4.78, 5) is 32.8. The Morgan fingerprint density at radius 3 is 2.68 bits per heavy atom. The predicted molar refractivity (Wildman–Crippen MR) is 117 cm³/mol. The quantitative estimate of drug-likeness (QED) is 0.536. The van der Waals surface area contributed by atoms with Crippen LogP contribution >= 0.6 is 23.2 Å². The van der Waals surface area contributed by atoms with Crippen LogP contribution < -0.4 is 10.2 Å². The highest BCUT2D eigenvalue weighted by Crippen LogP contribution is 2.31. The average molecular weight is 465 g/mol. The number of H-pyrrole nitrogens is 1. The van der Waals surface area contributed by atoms with Crippen molar-refractivity contribution in [3.05, 3.63) is 57.5 Å². The number of amides is 1. The number of para-hydroxylation sites is 1. The van der Waals surface area contributed by atoms with Crippen LogP contribution in [-0.2, 0) is 0 Å². The van der Waals surface area contributed by atoms with E-state index in [0.717, 1.165) is 5.39 Å². The molecule has 3 N–H and O–H groups in total. The second kappa shape index (κ2) is 8.36. The number of alkyl halides is 1. The first-order valence-electron chi connectivity index (χ1n) is 9.62. The van der Waals surface area contributed by atoms with Crippen molar-refractivity contribution in [1.29, 1.82) is 0 Å². The average Bonchev–Trinajstić information content (AvgIpc) is 3.01. The second-order valence-corrected chi connectivity index (χ2v) is 8.19. The molecular formula is C21H19Cl2FN4O3. The molecular weight excluding hydrogens is 446 g/mol. The van der Waals surface area contributed by atoms with E-state index in [1.807, 2.05) is 12.1 Å². The van der Waals surface area contributed by atoms with Gasteiger partial charge in [0, 0.05) is 23.3 Å². The number of carboxylic acids is 1. The van der Waals surface area contributed by atoms with Crippen molar-refractivity contribution in [2.75, 3.05) is 18.0 Å². The maximum Gasteiger partial charge on any atom is 0.354 e. The molecule has 0 bridgehead atoms. The summed E-state index contributed by atoms with van der Waals surface area (Å²) in [6.07, 6.45) is -1.04. The number of aromatic carboxylic acids is 1. The Morgan fingerprint density at radius 2 is 2.03 bits per heavy atom. The van der Waals surface area contributed by atoms with E-state index in [1.54, 1.807) is 24.0 Å². The number of anilines is 1. The summed E-state index contributed by atoms with van der Waals surface area (Å²) in [5, 5.41) is 13.2. The normalized spacial score (nSPS) is 18.9. The molecule has 1 aromatic carbocycles. The number of aromatic nitrogens is 2. The van der Waals surface area contributed by atoms with Gasteiger partial charge in [0.15, 0.2) is 5.69 Å². The fourth-order valence-electron chi connectivity index (χ4n) is 3.78. The van der Waals surface area contributed by atoms with Gasteiger partial charge in [0.1, 0.15) is 11.9 Å². The van der Waals surface area contributed by atoms with Crippen LogP contribution in [0.15, 0.2) is 30.3 Å². The van der Waals surface area contributed by atoms with Crippen molar-refractivity contribution in [1.82, 2.24) is 15.3 Å². The fraction of sp³-hybridized carbons (Fsp3) is 0.286. The molecule has 4 rings (SSSR count). The monoisotopic (exact) mass is 464 g/mol. The van der Waals surface area contributed by atoms with Gasteiger partial charge < -0.3 is 20.3 Å². The molecule has 0 unspecified atom stereocenters. The topological polar surface area (TPSA) is 98.3 Å². The van der Waals surface area contributed by atoms with Gasteiger partial charge in [-0.15, -0.1) is 0 Å². The van der Waals surface area contributed by atoms with Crippen molar-refractivity contribution in [3.63, 3.8) is 0 Å². The first kappa shape index (κ1) is 21.4. The van der Waals surface area contributed by atoms with Crippen LogP contribution in [0.1, 0.15) is 33.1 Å². The van der Waals surface area contributed by atoms with Crippen LogP contribution in [0, 0.1) is 6.92 Å². The largest absolute Gasteiger partial charge is 0.477 e. The van der Waals surface area contributed by atoms with E-state index in [0.29, 0.717) is 29.9 Å². The number of fused-ring (bicyclic) bond motifs is 1. The molecule has 10 heteroatoms. The molecule has 162 valence electrons. The number of aromatic amines is 1. The summed E-state index contributed by atoms with van der Waals surface area (Å²) < 4.78 is 15.0. The zero-order chi connectivity index (χ0) is 22.3. The molecule has 3 heterocycles. The van der Waals surface area contributed by atoms with E-state index in [2.05, 4.69) is 15.3 Å². The van der Waals surface area contributed by atoms with E-state index < -0.39 is 24.1 Å². The molecule has 1 saturated heterocycles. The molecule has 1 aliphatic rings. The molecule has 0 radical (unpaired) electrons. The Hall–Kier alpha value is -2.84. The van der Waals surface area contributed by atoms with E-state index in [9.17, 15) is 14.7 Å². The highest BCUT2D eigenvalue weighted by Gasteiger charge is 2.32. The molecule has 0 spiro atoms. The van der Waals surface area contributed by atoms with Gasteiger partial charge in [0.25, 0.3) is 5.91 Å². The number of carbonyl (C=O) groups excluding carboxylic acids is 1. The summed E-state index contributed by atoms with van der Waals surface area (Å²) >= 11 is 12.1. The third kappa shape index (κ3) is 4.05. The lowest BCUT2D eigenvalue weighted by molar-refractivity contribution is 0.0690. The first-order chi connectivity index (χ1) is 14.8. The predicted octanol–water partition coefficient (Wildman–Crippen LogP) is 4.22. The van der Waals surface area contributed by atoms with Gasteiger partial charge in [-0.3, -0.25) is 4.79 Å². The van der Waals surface area contributed by atoms with Crippen molar-refractivity contribution in [3.8, 4) is 0 Å². The molecule has 7 nitrogen and oxygen atoms in total. The number of nitrogens with zero attached hydrogens (tertiary/aromatic N) is 2. The number of aryl methyl sites for hydroxylation is 1. The highest BCUT2D eigenvalue weighted by atomic mass is 35.5. The van der Waals surface area contributed by atoms with Crippen LogP contribution in [0.5, 0.6) is 0 Å². The molecule has 2 atom stereocenters. The van der Waals surface area contributed by atoms with Crippen LogP contribution in [0.25, 0.3) is 10.9 Å². The number of benzene rings is 1. The number of piperidine rings is 1. The summed E-state index contributed by atoms with van der Waals surface area (Å²) in [5.41, 5.74) is 1.68. The van der Waals surface area contributed by atoms with Gasteiger partial charge in [0.2, 0.25) is 0 Å². The standard InChI is InChI=1S/C21H19Cl2FN4O3/c1-10-17(22)18(23)19(25-10)20(29)27-14-6-7-28(9-12(14)24)16-8-15(21(30)31)26-13-5-3-2-4-11(13)16/h2-5,8,12,14,25H,6-7,9H2,1H3,(H,27,29)(H,30,31)/t12-,14+/m0/s1. The maximum atomic E-state index is 15.0. The van der Waals surface area contributed by atoms with Crippen LogP contribution in [0.2, 0.25) is 10.0 Å². The molecule has 1 fully saturated rings. The van der Waals surface area contributed by atoms with E-state index in [4.69, 9.17) is 23.2 Å². The van der Waals surface area contributed by atoms with Crippen molar-refractivity contribution in [2.45, 2.75) is 25.6 Å². The number of hydrogen-bond donors (Lipinski definition) is 3. The minimum Gasteiger partial charge on any atom is -0.477 e. The van der Waals surface area contributed by atoms with E-state index >= 15 is 4.39 Å². The Bertz CT molecular complexity index is 1180. The zero-order valence-electron chi connectivity index (χ0n) is 16.5. The number of carboxylic acid groups (broad SMARTS) is 1. The van der Waals surface area contributed by atoms with Gasteiger partial charge >= 0.3 is 5.97 Å².